The van der Waals surface area contributed by atoms with Gasteiger partial charge in [-0.3, -0.25) is 4.79 Å². The van der Waals surface area contributed by atoms with Crippen LogP contribution in [0.5, 0.6) is 0 Å². The van der Waals surface area contributed by atoms with Crippen molar-refractivity contribution in [3.63, 3.8) is 0 Å². The Balaban J connectivity index is 1.73. The van der Waals surface area contributed by atoms with Crippen molar-refractivity contribution in [2.75, 3.05) is 26.2 Å². The third-order valence-electron chi connectivity index (χ3n) is 4.87. The highest BCUT2D eigenvalue weighted by molar-refractivity contribution is 5.76. The highest BCUT2D eigenvalue weighted by Gasteiger charge is 2.31. The summed E-state index contributed by atoms with van der Waals surface area (Å²) in [7, 11) is 0. The third-order valence-corrected chi connectivity index (χ3v) is 4.87. The number of piperidine rings is 2. The Morgan fingerprint density at radius 1 is 1.25 bits per heavy atom. The molecule has 2 rings (SSSR count). The standard InChI is InChI=1S/C16H30N2O2/c1-12-10-13(2)14(3)18(11-12)16(19)6-9-20-15-4-7-17-8-5-15/h12-15,17H,4-11H2,1-3H3. The lowest BCUT2D eigenvalue weighted by molar-refractivity contribution is -0.138. The van der Waals surface area contributed by atoms with Crippen LogP contribution in [-0.4, -0.2) is 49.2 Å². The van der Waals surface area contributed by atoms with Gasteiger partial charge in [0.05, 0.1) is 19.1 Å². The van der Waals surface area contributed by atoms with E-state index in [2.05, 4.69) is 31.0 Å². The molecule has 2 aliphatic rings. The number of nitrogens with one attached hydrogen (secondary N) is 1. The highest BCUT2D eigenvalue weighted by atomic mass is 16.5. The van der Waals surface area contributed by atoms with Crippen LogP contribution in [0.4, 0.5) is 0 Å². The first-order chi connectivity index (χ1) is 9.58. The van der Waals surface area contributed by atoms with Gasteiger partial charge < -0.3 is 15.0 Å². The molecule has 116 valence electrons. The van der Waals surface area contributed by atoms with E-state index in [-0.39, 0.29) is 5.91 Å². The van der Waals surface area contributed by atoms with Crippen molar-refractivity contribution in [2.45, 2.75) is 58.6 Å². The number of carbonyl (C=O) groups excluding carboxylic acids is 1. The molecular formula is C16H30N2O2. The van der Waals surface area contributed by atoms with Crippen molar-refractivity contribution >= 4 is 5.91 Å². The van der Waals surface area contributed by atoms with Crippen LogP contribution in [0.3, 0.4) is 0 Å². The summed E-state index contributed by atoms with van der Waals surface area (Å²) >= 11 is 0. The number of carbonyl (C=O) groups is 1. The summed E-state index contributed by atoms with van der Waals surface area (Å²) in [6.07, 6.45) is 4.26. The minimum absolute atomic E-state index is 0.268. The molecule has 3 unspecified atom stereocenters. The van der Waals surface area contributed by atoms with Crippen LogP contribution >= 0.6 is 0 Å². The first-order valence-corrected chi connectivity index (χ1v) is 8.19. The molecule has 0 aromatic carbocycles. The normalized spacial score (nSPS) is 32.4. The Morgan fingerprint density at radius 2 is 1.95 bits per heavy atom. The molecule has 0 spiro atoms. The lowest BCUT2D eigenvalue weighted by atomic mass is 9.86. The van der Waals surface area contributed by atoms with Crippen molar-refractivity contribution in [2.24, 2.45) is 11.8 Å². The summed E-state index contributed by atoms with van der Waals surface area (Å²) in [6.45, 7) is 10.3. The lowest BCUT2D eigenvalue weighted by Gasteiger charge is -2.41. The maximum atomic E-state index is 12.4. The molecule has 0 bridgehead atoms. The van der Waals surface area contributed by atoms with Gasteiger partial charge in [0.1, 0.15) is 0 Å². The Kier molecular flexibility index (Phi) is 5.85. The maximum absolute atomic E-state index is 12.4. The molecule has 0 saturated carbocycles. The van der Waals surface area contributed by atoms with E-state index >= 15 is 0 Å². The van der Waals surface area contributed by atoms with Crippen LogP contribution in [-0.2, 0) is 9.53 Å². The molecule has 3 atom stereocenters. The van der Waals surface area contributed by atoms with Gasteiger partial charge >= 0.3 is 0 Å². The second kappa shape index (κ2) is 7.41. The number of amides is 1. The number of rotatable bonds is 4. The van der Waals surface area contributed by atoms with Crippen molar-refractivity contribution in [1.82, 2.24) is 10.2 Å². The number of ether oxygens (including phenoxy) is 1. The summed E-state index contributed by atoms with van der Waals surface area (Å²) < 4.78 is 5.85. The van der Waals surface area contributed by atoms with Crippen LogP contribution in [0, 0.1) is 11.8 Å². The Bertz CT molecular complexity index is 316. The monoisotopic (exact) mass is 282 g/mol. The number of hydrogen-bond acceptors (Lipinski definition) is 3. The van der Waals surface area contributed by atoms with E-state index in [0.717, 1.165) is 32.5 Å². The molecule has 2 saturated heterocycles. The summed E-state index contributed by atoms with van der Waals surface area (Å²) in [5, 5.41) is 3.33. The molecule has 2 heterocycles. The fourth-order valence-corrected chi connectivity index (χ4v) is 3.46. The summed E-state index contributed by atoms with van der Waals surface area (Å²) in [4.78, 5) is 14.4. The molecule has 0 aromatic heterocycles. The fourth-order valence-electron chi connectivity index (χ4n) is 3.46. The van der Waals surface area contributed by atoms with Gasteiger partial charge in [-0.1, -0.05) is 13.8 Å². The molecule has 4 nitrogen and oxygen atoms in total. The van der Waals surface area contributed by atoms with Gasteiger partial charge in [0.2, 0.25) is 5.91 Å². The average Bonchev–Trinajstić information content (AvgIpc) is 2.44. The fraction of sp³-hybridized carbons (Fsp3) is 0.938. The van der Waals surface area contributed by atoms with Crippen LogP contribution < -0.4 is 5.32 Å². The molecule has 0 aliphatic carbocycles. The zero-order valence-corrected chi connectivity index (χ0v) is 13.2. The Morgan fingerprint density at radius 3 is 2.65 bits per heavy atom. The summed E-state index contributed by atoms with van der Waals surface area (Å²) in [5.74, 6) is 1.49. The molecule has 4 heteroatoms. The number of hydrogen-bond donors (Lipinski definition) is 1. The van der Waals surface area contributed by atoms with Gasteiger partial charge in [0.15, 0.2) is 0 Å². The third kappa shape index (κ3) is 4.19. The van der Waals surface area contributed by atoms with Crippen LogP contribution in [0.2, 0.25) is 0 Å². The van der Waals surface area contributed by atoms with Gasteiger partial charge in [0.25, 0.3) is 0 Å². The average molecular weight is 282 g/mol. The van der Waals surface area contributed by atoms with Crippen molar-refractivity contribution < 1.29 is 9.53 Å². The topological polar surface area (TPSA) is 41.6 Å². The predicted octanol–water partition coefficient (Wildman–Crippen LogP) is 2.04. The molecule has 1 N–H and O–H groups in total. The van der Waals surface area contributed by atoms with Crippen LogP contribution in [0.25, 0.3) is 0 Å². The largest absolute Gasteiger partial charge is 0.378 e. The van der Waals surface area contributed by atoms with E-state index in [0.29, 0.717) is 37.0 Å². The highest BCUT2D eigenvalue weighted by Crippen LogP contribution is 2.27. The second-order valence-corrected chi connectivity index (χ2v) is 6.68. The van der Waals surface area contributed by atoms with E-state index in [1.807, 2.05) is 0 Å². The number of likely N-dealkylation sites (tertiary alicyclic amines) is 1. The van der Waals surface area contributed by atoms with Crippen LogP contribution in [0.15, 0.2) is 0 Å². The molecule has 20 heavy (non-hydrogen) atoms. The molecule has 2 fully saturated rings. The lowest BCUT2D eigenvalue weighted by Crippen LogP contribution is -2.49. The van der Waals surface area contributed by atoms with Gasteiger partial charge in [-0.25, -0.2) is 0 Å². The summed E-state index contributed by atoms with van der Waals surface area (Å²) in [5.41, 5.74) is 0. The SMILES string of the molecule is CC1CC(C)C(C)N(C(=O)CCOC2CCNCC2)C1. The first-order valence-electron chi connectivity index (χ1n) is 8.19. The minimum Gasteiger partial charge on any atom is -0.378 e. The van der Waals surface area contributed by atoms with E-state index in [1.54, 1.807) is 0 Å². The van der Waals surface area contributed by atoms with Gasteiger partial charge in [0, 0.05) is 12.6 Å². The zero-order valence-electron chi connectivity index (χ0n) is 13.2. The van der Waals surface area contributed by atoms with E-state index in [1.165, 1.54) is 6.42 Å². The molecule has 0 radical (unpaired) electrons. The Hall–Kier alpha value is -0.610. The minimum atomic E-state index is 0.268. The second-order valence-electron chi connectivity index (χ2n) is 6.68. The predicted molar refractivity (Wildman–Crippen MR) is 80.6 cm³/mol. The maximum Gasteiger partial charge on any atom is 0.225 e. The van der Waals surface area contributed by atoms with E-state index < -0.39 is 0 Å². The summed E-state index contributed by atoms with van der Waals surface area (Å²) in [6, 6.07) is 0.373. The van der Waals surface area contributed by atoms with E-state index in [4.69, 9.17) is 4.74 Å². The zero-order chi connectivity index (χ0) is 14.5. The van der Waals surface area contributed by atoms with Crippen LogP contribution in [0.1, 0.15) is 46.5 Å². The number of nitrogens with zero attached hydrogens (tertiary/aromatic N) is 1. The molecule has 2 aliphatic heterocycles. The van der Waals surface area contributed by atoms with Gasteiger partial charge in [-0.15, -0.1) is 0 Å². The molecule has 1 amide bonds. The smallest absolute Gasteiger partial charge is 0.225 e. The Labute approximate surface area is 123 Å². The van der Waals surface area contributed by atoms with Crippen molar-refractivity contribution in [1.29, 1.82) is 0 Å². The van der Waals surface area contributed by atoms with Crippen molar-refractivity contribution in [3.8, 4) is 0 Å². The van der Waals surface area contributed by atoms with Gasteiger partial charge in [-0.2, -0.15) is 0 Å². The van der Waals surface area contributed by atoms with E-state index in [9.17, 15) is 4.79 Å². The molecule has 0 aromatic rings. The first kappa shape index (κ1) is 15.8. The molecular weight excluding hydrogens is 252 g/mol. The quantitative estimate of drug-likeness (QED) is 0.858. The van der Waals surface area contributed by atoms with Gasteiger partial charge in [-0.05, 0) is 51.1 Å². The van der Waals surface area contributed by atoms with Crippen molar-refractivity contribution in [3.05, 3.63) is 0 Å².